The van der Waals surface area contributed by atoms with Crippen molar-refractivity contribution in [2.75, 3.05) is 6.54 Å². The summed E-state index contributed by atoms with van der Waals surface area (Å²) < 4.78 is 1.16. The maximum absolute atomic E-state index is 12.1. The van der Waals surface area contributed by atoms with Crippen LogP contribution in [0.3, 0.4) is 0 Å². The second kappa shape index (κ2) is 7.02. The van der Waals surface area contributed by atoms with Crippen molar-refractivity contribution in [3.05, 3.63) is 35.2 Å². The van der Waals surface area contributed by atoms with E-state index in [9.17, 15) is 9.90 Å². The number of hydrogen-bond acceptors (Lipinski definition) is 3. The van der Waals surface area contributed by atoms with E-state index in [2.05, 4.69) is 11.4 Å². The van der Waals surface area contributed by atoms with Gasteiger partial charge in [0.15, 0.2) is 0 Å². The Kier molecular flexibility index (Phi) is 5.02. The van der Waals surface area contributed by atoms with Crippen LogP contribution < -0.4 is 5.32 Å². The van der Waals surface area contributed by atoms with Crippen LogP contribution in [0.25, 0.3) is 10.1 Å². The third kappa shape index (κ3) is 4.12. The molecule has 1 aliphatic rings. The number of hydrogen-bond donors (Lipinski definition) is 2. The number of thiophene rings is 1. The average Bonchev–Trinajstić information content (AvgIpc) is 2.99. The molecule has 1 unspecified atom stereocenters. The average molecular weight is 331 g/mol. The SMILES string of the molecule is CC(O)(CNC(=O)CC1CCCCC1)c1cc2ccccc2s1. The number of rotatable bonds is 5. The molecule has 3 nitrogen and oxygen atoms in total. The van der Waals surface area contributed by atoms with Crippen molar-refractivity contribution < 1.29 is 9.90 Å². The normalized spacial score (nSPS) is 18.7. The lowest BCUT2D eigenvalue weighted by Crippen LogP contribution is -2.38. The molecule has 0 radical (unpaired) electrons. The van der Waals surface area contributed by atoms with Crippen LogP contribution in [0.4, 0.5) is 0 Å². The Labute approximate surface area is 141 Å². The lowest BCUT2D eigenvalue weighted by Gasteiger charge is -2.24. The smallest absolute Gasteiger partial charge is 0.220 e. The van der Waals surface area contributed by atoms with Gasteiger partial charge in [-0.2, -0.15) is 0 Å². The Morgan fingerprint density at radius 2 is 2.04 bits per heavy atom. The molecule has 1 aromatic carbocycles. The first-order chi connectivity index (χ1) is 11.0. The lowest BCUT2D eigenvalue weighted by atomic mass is 9.87. The largest absolute Gasteiger partial charge is 0.383 e. The number of fused-ring (bicyclic) bond motifs is 1. The van der Waals surface area contributed by atoms with Crippen LogP contribution in [0.5, 0.6) is 0 Å². The highest BCUT2D eigenvalue weighted by Gasteiger charge is 2.26. The lowest BCUT2D eigenvalue weighted by molar-refractivity contribution is -0.123. The van der Waals surface area contributed by atoms with Gasteiger partial charge in [0.05, 0.1) is 6.54 Å². The summed E-state index contributed by atoms with van der Waals surface area (Å²) in [4.78, 5) is 13.0. The van der Waals surface area contributed by atoms with Crippen molar-refractivity contribution in [3.63, 3.8) is 0 Å². The number of aliphatic hydroxyl groups is 1. The highest BCUT2D eigenvalue weighted by atomic mass is 32.1. The maximum Gasteiger partial charge on any atom is 0.220 e. The molecule has 0 spiro atoms. The molecule has 3 rings (SSSR count). The maximum atomic E-state index is 12.1. The van der Waals surface area contributed by atoms with Crippen molar-refractivity contribution in [1.82, 2.24) is 5.32 Å². The molecule has 1 aromatic heterocycles. The number of benzene rings is 1. The number of carbonyl (C=O) groups excluding carboxylic acids is 1. The van der Waals surface area contributed by atoms with Gasteiger partial charge in [-0.05, 0) is 43.2 Å². The molecule has 0 saturated heterocycles. The third-order valence-electron chi connectivity index (χ3n) is 4.78. The van der Waals surface area contributed by atoms with Crippen molar-refractivity contribution in [3.8, 4) is 0 Å². The second-order valence-corrected chi connectivity index (χ2v) is 7.99. The van der Waals surface area contributed by atoms with Crippen LogP contribution in [0, 0.1) is 5.92 Å². The van der Waals surface area contributed by atoms with Gasteiger partial charge in [-0.3, -0.25) is 4.79 Å². The molecule has 2 N–H and O–H groups in total. The summed E-state index contributed by atoms with van der Waals surface area (Å²) in [6.45, 7) is 2.05. The van der Waals surface area contributed by atoms with Crippen molar-refractivity contribution in [1.29, 1.82) is 0 Å². The van der Waals surface area contributed by atoms with Gasteiger partial charge < -0.3 is 10.4 Å². The minimum Gasteiger partial charge on any atom is -0.383 e. The van der Waals surface area contributed by atoms with Crippen molar-refractivity contribution >= 4 is 27.3 Å². The Bertz CT molecular complexity index is 638. The van der Waals surface area contributed by atoms with Gasteiger partial charge in [0.1, 0.15) is 5.60 Å². The van der Waals surface area contributed by atoms with Gasteiger partial charge in [-0.15, -0.1) is 11.3 Å². The van der Waals surface area contributed by atoms with Crippen LogP contribution in [0.2, 0.25) is 0 Å². The van der Waals surface area contributed by atoms with Crippen LogP contribution in [-0.4, -0.2) is 17.6 Å². The standard InChI is InChI=1S/C19H25NO2S/c1-19(22,17-12-15-9-5-6-10-16(15)23-17)13-20-18(21)11-14-7-3-2-4-8-14/h5-6,9-10,12,14,22H,2-4,7-8,11,13H2,1H3,(H,20,21). The molecule has 1 saturated carbocycles. The number of nitrogens with one attached hydrogen (secondary N) is 1. The molecule has 124 valence electrons. The number of amides is 1. The fraction of sp³-hybridized carbons (Fsp3) is 0.526. The molecule has 1 heterocycles. The molecular weight excluding hydrogens is 306 g/mol. The zero-order chi connectivity index (χ0) is 16.3. The third-order valence-corrected chi connectivity index (χ3v) is 6.15. The molecule has 1 fully saturated rings. The molecule has 23 heavy (non-hydrogen) atoms. The second-order valence-electron chi connectivity index (χ2n) is 6.91. The van der Waals surface area contributed by atoms with E-state index in [1.54, 1.807) is 18.3 Å². The highest BCUT2D eigenvalue weighted by molar-refractivity contribution is 7.19. The quantitative estimate of drug-likeness (QED) is 0.863. The molecule has 1 aliphatic carbocycles. The van der Waals surface area contributed by atoms with Crippen LogP contribution >= 0.6 is 11.3 Å². The summed E-state index contributed by atoms with van der Waals surface area (Å²) in [5, 5.41) is 14.8. The Morgan fingerprint density at radius 1 is 1.30 bits per heavy atom. The molecular formula is C19H25NO2S. The Morgan fingerprint density at radius 3 is 2.78 bits per heavy atom. The van der Waals surface area contributed by atoms with Gasteiger partial charge in [-0.1, -0.05) is 37.5 Å². The monoisotopic (exact) mass is 331 g/mol. The molecule has 2 aromatic rings. The topological polar surface area (TPSA) is 49.3 Å². The summed E-state index contributed by atoms with van der Waals surface area (Å²) in [5.41, 5.74) is -1.02. The van der Waals surface area contributed by atoms with Crippen LogP contribution in [0.1, 0.15) is 50.3 Å². The van der Waals surface area contributed by atoms with Gasteiger partial charge in [-0.25, -0.2) is 0 Å². The minimum atomic E-state index is -1.02. The van der Waals surface area contributed by atoms with E-state index in [0.717, 1.165) is 15.0 Å². The highest BCUT2D eigenvalue weighted by Crippen LogP contribution is 2.33. The van der Waals surface area contributed by atoms with E-state index in [1.165, 1.54) is 32.1 Å². The first-order valence-corrected chi connectivity index (χ1v) is 9.34. The van der Waals surface area contributed by atoms with E-state index in [4.69, 9.17) is 0 Å². The van der Waals surface area contributed by atoms with E-state index in [-0.39, 0.29) is 12.5 Å². The van der Waals surface area contributed by atoms with E-state index >= 15 is 0 Å². The fourth-order valence-electron chi connectivity index (χ4n) is 3.33. The molecule has 0 aliphatic heterocycles. The number of carbonyl (C=O) groups is 1. The van der Waals surface area contributed by atoms with E-state index < -0.39 is 5.60 Å². The summed E-state index contributed by atoms with van der Waals surface area (Å²) in [7, 11) is 0. The summed E-state index contributed by atoms with van der Waals surface area (Å²) in [6, 6.07) is 10.1. The van der Waals surface area contributed by atoms with Crippen LogP contribution in [0.15, 0.2) is 30.3 Å². The predicted molar refractivity (Wildman–Crippen MR) is 95.6 cm³/mol. The summed E-state index contributed by atoms with van der Waals surface area (Å²) >= 11 is 1.59. The Hall–Kier alpha value is -1.39. The predicted octanol–water partition coefficient (Wildman–Crippen LogP) is 4.20. The zero-order valence-electron chi connectivity index (χ0n) is 13.7. The molecule has 1 atom stereocenters. The molecule has 0 bridgehead atoms. The molecule has 4 heteroatoms. The summed E-state index contributed by atoms with van der Waals surface area (Å²) in [5.74, 6) is 0.594. The minimum absolute atomic E-state index is 0.0679. The van der Waals surface area contributed by atoms with Gasteiger partial charge in [0, 0.05) is 16.0 Å². The van der Waals surface area contributed by atoms with Crippen LogP contribution in [-0.2, 0) is 10.4 Å². The Balaban J connectivity index is 1.58. The van der Waals surface area contributed by atoms with Gasteiger partial charge in [0.25, 0.3) is 0 Å². The fourth-order valence-corrected chi connectivity index (χ4v) is 4.44. The van der Waals surface area contributed by atoms with Crippen molar-refractivity contribution in [2.24, 2.45) is 5.92 Å². The first kappa shape index (κ1) is 16.5. The van der Waals surface area contributed by atoms with Gasteiger partial charge in [0.2, 0.25) is 5.91 Å². The van der Waals surface area contributed by atoms with E-state index in [1.807, 2.05) is 24.3 Å². The van der Waals surface area contributed by atoms with E-state index in [0.29, 0.717) is 12.3 Å². The molecule has 1 amide bonds. The van der Waals surface area contributed by atoms with Crippen molar-refractivity contribution in [2.45, 2.75) is 51.0 Å². The first-order valence-electron chi connectivity index (χ1n) is 8.53. The zero-order valence-corrected chi connectivity index (χ0v) is 14.5. The summed E-state index contributed by atoms with van der Waals surface area (Å²) in [6.07, 6.45) is 6.73. The van der Waals surface area contributed by atoms with Gasteiger partial charge >= 0.3 is 0 Å².